The summed E-state index contributed by atoms with van der Waals surface area (Å²) in [7, 11) is -3.37. The monoisotopic (exact) mass is 225 g/mol. The largest absolute Gasteiger partial charge is 0.270 e. The van der Waals surface area contributed by atoms with Crippen LogP contribution in [0.4, 0.5) is 0 Å². The van der Waals surface area contributed by atoms with Crippen molar-refractivity contribution < 1.29 is 12.6 Å². The van der Waals surface area contributed by atoms with Gasteiger partial charge in [-0.25, -0.2) is 0 Å². The molecule has 0 saturated heterocycles. The van der Waals surface area contributed by atoms with Crippen LogP contribution in [-0.4, -0.2) is 21.3 Å². The highest BCUT2D eigenvalue weighted by Gasteiger charge is 2.01. The first-order chi connectivity index (χ1) is 7.01. The van der Waals surface area contributed by atoms with Gasteiger partial charge >= 0.3 is 0 Å². The maximum Gasteiger partial charge on any atom is 0.264 e. The van der Waals surface area contributed by atoms with Gasteiger partial charge in [0.15, 0.2) is 0 Å². The Morgan fingerprint density at radius 2 is 2.20 bits per heavy atom. The Balaban J connectivity index is 2.55. The second-order valence-corrected chi connectivity index (χ2v) is 4.73. The van der Waals surface area contributed by atoms with Crippen molar-refractivity contribution in [1.29, 1.82) is 5.26 Å². The normalized spacial score (nSPS) is 10.9. The molecule has 0 N–H and O–H groups in total. The van der Waals surface area contributed by atoms with Crippen molar-refractivity contribution in [2.75, 3.05) is 12.9 Å². The molecule has 80 valence electrons. The van der Waals surface area contributed by atoms with Crippen molar-refractivity contribution in [1.82, 2.24) is 0 Å². The maximum absolute atomic E-state index is 10.7. The zero-order valence-corrected chi connectivity index (χ0v) is 9.12. The van der Waals surface area contributed by atoms with E-state index in [9.17, 15) is 8.42 Å². The summed E-state index contributed by atoms with van der Waals surface area (Å²) in [4.78, 5) is 0. The summed E-state index contributed by atoms with van der Waals surface area (Å²) in [6.45, 7) is 0.105. The zero-order chi connectivity index (χ0) is 11.3. The van der Waals surface area contributed by atoms with Gasteiger partial charge in [-0.15, -0.1) is 0 Å². The van der Waals surface area contributed by atoms with Gasteiger partial charge in [0, 0.05) is 0 Å². The Bertz CT molecular complexity index is 474. The Labute approximate surface area is 89.2 Å². The lowest BCUT2D eigenvalue weighted by Crippen LogP contribution is -2.06. The number of hydrogen-bond acceptors (Lipinski definition) is 4. The Hall–Kier alpha value is -1.38. The van der Waals surface area contributed by atoms with E-state index in [-0.39, 0.29) is 6.61 Å². The molecule has 0 saturated carbocycles. The van der Waals surface area contributed by atoms with Crippen LogP contribution in [0.25, 0.3) is 0 Å². The van der Waals surface area contributed by atoms with Gasteiger partial charge in [0.2, 0.25) is 0 Å². The van der Waals surface area contributed by atoms with Crippen molar-refractivity contribution in [2.24, 2.45) is 0 Å². The predicted molar refractivity (Wildman–Crippen MR) is 55.7 cm³/mol. The molecule has 0 heterocycles. The van der Waals surface area contributed by atoms with Crippen LogP contribution in [0.2, 0.25) is 0 Å². The first-order valence-electron chi connectivity index (χ1n) is 4.35. The summed E-state index contributed by atoms with van der Waals surface area (Å²) >= 11 is 0. The summed E-state index contributed by atoms with van der Waals surface area (Å²) in [5.74, 6) is 0. The van der Waals surface area contributed by atoms with Gasteiger partial charge in [0.1, 0.15) is 0 Å². The molecule has 0 bridgehead atoms. The third kappa shape index (κ3) is 4.58. The third-order valence-electron chi connectivity index (χ3n) is 1.74. The van der Waals surface area contributed by atoms with Crippen molar-refractivity contribution in [3.63, 3.8) is 0 Å². The van der Waals surface area contributed by atoms with E-state index in [1.54, 1.807) is 18.2 Å². The van der Waals surface area contributed by atoms with Crippen molar-refractivity contribution >= 4 is 10.1 Å². The second-order valence-electron chi connectivity index (χ2n) is 3.09. The molecule has 0 spiro atoms. The molecule has 0 atom stereocenters. The number of nitrogens with zero attached hydrogens (tertiary/aromatic N) is 1. The topological polar surface area (TPSA) is 67.2 Å². The number of benzene rings is 1. The van der Waals surface area contributed by atoms with E-state index in [0.29, 0.717) is 12.0 Å². The molecule has 0 aliphatic rings. The summed E-state index contributed by atoms with van der Waals surface area (Å²) in [5.41, 5.74) is 1.45. The molecule has 1 aromatic rings. The van der Waals surface area contributed by atoms with E-state index in [4.69, 9.17) is 5.26 Å². The van der Waals surface area contributed by atoms with E-state index in [1.165, 1.54) is 0 Å². The molecule has 4 nitrogen and oxygen atoms in total. The molecule has 5 heteroatoms. The number of nitriles is 1. The molecule has 1 aromatic carbocycles. The Kier molecular flexibility index (Phi) is 3.83. The third-order valence-corrected chi connectivity index (χ3v) is 2.34. The SMILES string of the molecule is CS(=O)(=O)OCCc1cccc(C#N)c1. The minimum absolute atomic E-state index is 0.105. The van der Waals surface area contributed by atoms with Crippen LogP contribution in [0, 0.1) is 11.3 Å². The second kappa shape index (κ2) is 4.91. The molecule has 0 aliphatic carbocycles. The van der Waals surface area contributed by atoms with Crippen molar-refractivity contribution in [3.05, 3.63) is 35.4 Å². The summed E-state index contributed by atoms with van der Waals surface area (Å²) in [5, 5.41) is 8.64. The summed E-state index contributed by atoms with van der Waals surface area (Å²) in [6.07, 6.45) is 1.49. The molecule has 15 heavy (non-hydrogen) atoms. The fraction of sp³-hybridized carbons (Fsp3) is 0.300. The van der Waals surface area contributed by atoms with Crippen LogP contribution in [0.15, 0.2) is 24.3 Å². The van der Waals surface area contributed by atoms with Crippen LogP contribution in [-0.2, 0) is 20.7 Å². The van der Waals surface area contributed by atoms with E-state index < -0.39 is 10.1 Å². The average Bonchev–Trinajstić information content (AvgIpc) is 2.16. The van der Waals surface area contributed by atoms with Gasteiger partial charge < -0.3 is 0 Å². The highest BCUT2D eigenvalue weighted by atomic mass is 32.2. The van der Waals surface area contributed by atoms with Gasteiger partial charge in [-0.1, -0.05) is 12.1 Å². The van der Waals surface area contributed by atoms with Gasteiger partial charge in [0.25, 0.3) is 10.1 Å². The predicted octanol–water partition coefficient (Wildman–Crippen LogP) is 1.08. The lowest BCUT2D eigenvalue weighted by Gasteiger charge is -2.01. The molecule has 1 rings (SSSR count). The highest BCUT2D eigenvalue weighted by molar-refractivity contribution is 7.85. The van der Waals surface area contributed by atoms with Gasteiger partial charge in [-0.2, -0.15) is 13.7 Å². The smallest absolute Gasteiger partial charge is 0.264 e. The van der Waals surface area contributed by atoms with E-state index >= 15 is 0 Å². The lowest BCUT2D eigenvalue weighted by atomic mass is 10.1. The van der Waals surface area contributed by atoms with E-state index in [0.717, 1.165) is 11.8 Å². The van der Waals surface area contributed by atoms with Crippen LogP contribution >= 0.6 is 0 Å². The van der Waals surface area contributed by atoms with Crippen LogP contribution in [0.3, 0.4) is 0 Å². The quantitative estimate of drug-likeness (QED) is 0.719. The van der Waals surface area contributed by atoms with Gasteiger partial charge in [-0.05, 0) is 24.1 Å². The highest BCUT2D eigenvalue weighted by Crippen LogP contribution is 2.05. The van der Waals surface area contributed by atoms with E-state index in [1.807, 2.05) is 12.1 Å². The Morgan fingerprint density at radius 3 is 2.80 bits per heavy atom. The first-order valence-corrected chi connectivity index (χ1v) is 6.16. The standard InChI is InChI=1S/C10H11NO3S/c1-15(12,13)14-6-5-9-3-2-4-10(7-9)8-11/h2-4,7H,5-6H2,1H3. The van der Waals surface area contributed by atoms with Gasteiger partial charge in [-0.3, -0.25) is 4.18 Å². The molecule has 0 aliphatic heterocycles. The van der Waals surface area contributed by atoms with Crippen molar-refractivity contribution in [3.8, 4) is 6.07 Å². The fourth-order valence-electron chi connectivity index (χ4n) is 1.11. The molecule has 0 unspecified atom stereocenters. The zero-order valence-electron chi connectivity index (χ0n) is 8.30. The number of rotatable bonds is 4. The first kappa shape index (κ1) is 11.7. The number of hydrogen-bond donors (Lipinski definition) is 0. The Morgan fingerprint density at radius 1 is 1.47 bits per heavy atom. The fourth-order valence-corrected chi connectivity index (χ4v) is 1.49. The molecule has 0 fully saturated rings. The van der Waals surface area contributed by atoms with Crippen molar-refractivity contribution in [2.45, 2.75) is 6.42 Å². The molecular formula is C10H11NO3S. The molecule has 0 aromatic heterocycles. The molecule has 0 amide bonds. The lowest BCUT2D eigenvalue weighted by molar-refractivity contribution is 0.326. The molecule has 0 radical (unpaired) electrons. The maximum atomic E-state index is 10.7. The van der Waals surface area contributed by atoms with E-state index in [2.05, 4.69) is 4.18 Å². The summed E-state index contributed by atoms with van der Waals surface area (Å²) < 4.78 is 25.9. The van der Waals surface area contributed by atoms with Gasteiger partial charge in [0.05, 0.1) is 24.5 Å². The van der Waals surface area contributed by atoms with Crippen LogP contribution < -0.4 is 0 Å². The summed E-state index contributed by atoms with van der Waals surface area (Å²) in [6, 6.07) is 9.01. The average molecular weight is 225 g/mol. The van der Waals surface area contributed by atoms with Crippen LogP contribution in [0.5, 0.6) is 0 Å². The minimum Gasteiger partial charge on any atom is -0.270 e. The van der Waals surface area contributed by atoms with Crippen LogP contribution in [0.1, 0.15) is 11.1 Å². The molecular weight excluding hydrogens is 214 g/mol. The minimum atomic E-state index is -3.37.